The van der Waals surface area contributed by atoms with Crippen molar-refractivity contribution in [1.82, 2.24) is 0 Å². The van der Waals surface area contributed by atoms with Crippen LogP contribution in [0.4, 0.5) is 0 Å². The topological polar surface area (TPSA) is 106 Å². The molecule has 7 nitrogen and oxygen atoms in total. The summed E-state index contributed by atoms with van der Waals surface area (Å²) in [5, 5.41) is 19.7. The molecule has 1 heterocycles. The maximum atomic E-state index is 12.8. The van der Waals surface area contributed by atoms with Gasteiger partial charge in [0.25, 0.3) is 0 Å². The molecule has 162 valence electrons. The van der Waals surface area contributed by atoms with Crippen molar-refractivity contribution in [1.29, 1.82) is 5.26 Å². The summed E-state index contributed by atoms with van der Waals surface area (Å²) in [5.41, 5.74) is -1.64. The standard InChI is InChI=1S/C22H33NO6/c1-12(2)21(6,10-20(3,4)5)18(25)27-9-15(24)28-16-13-7-14-17(16)29-19(26)22(14,8-13)11-23/h12-14,16-17,19,26H,7-10H2,1-6H3. The number of nitrogens with zero attached hydrogens (tertiary/aromatic N) is 1. The van der Waals surface area contributed by atoms with E-state index >= 15 is 0 Å². The van der Waals surface area contributed by atoms with Crippen LogP contribution in [0, 0.1) is 45.3 Å². The van der Waals surface area contributed by atoms with Gasteiger partial charge in [-0.1, -0.05) is 34.6 Å². The normalized spacial score (nSPS) is 37.3. The molecule has 0 aromatic heterocycles. The van der Waals surface area contributed by atoms with Crippen molar-refractivity contribution in [3.63, 3.8) is 0 Å². The second-order valence-corrected chi connectivity index (χ2v) is 10.8. The lowest BCUT2D eigenvalue weighted by atomic mass is 9.69. The fraction of sp³-hybridized carbons (Fsp3) is 0.864. The maximum absolute atomic E-state index is 12.8. The van der Waals surface area contributed by atoms with Gasteiger partial charge in [-0.3, -0.25) is 4.79 Å². The molecule has 3 fully saturated rings. The number of esters is 2. The minimum absolute atomic E-state index is 0.0109. The molecule has 2 aliphatic carbocycles. The molecular weight excluding hydrogens is 374 g/mol. The van der Waals surface area contributed by atoms with Gasteiger partial charge < -0.3 is 19.3 Å². The number of hydrogen-bond acceptors (Lipinski definition) is 7. The van der Waals surface area contributed by atoms with E-state index in [9.17, 15) is 20.0 Å². The minimum atomic E-state index is -1.14. The summed E-state index contributed by atoms with van der Waals surface area (Å²) in [6.45, 7) is 11.6. The number of nitriles is 1. The Morgan fingerprint density at radius 1 is 1.31 bits per heavy atom. The Morgan fingerprint density at radius 2 is 1.97 bits per heavy atom. The lowest BCUT2D eigenvalue weighted by Crippen LogP contribution is -2.42. The zero-order valence-corrected chi connectivity index (χ0v) is 18.2. The van der Waals surface area contributed by atoms with Crippen LogP contribution >= 0.6 is 0 Å². The Morgan fingerprint density at radius 3 is 2.52 bits per heavy atom. The van der Waals surface area contributed by atoms with E-state index in [4.69, 9.17) is 14.2 Å². The molecule has 29 heavy (non-hydrogen) atoms. The van der Waals surface area contributed by atoms with Crippen molar-refractivity contribution in [3.8, 4) is 6.07 Å². The van der Waals surface area contributed by atoms with E-state index in [-0.39, 0.29) is 23.2 Å². The van der Waals surface area contributed by atoms with E-state index in [0.29, 0.717) is 19.3 Å². The molecule has 7 atom stereocenters. The molecule has 0 aromatic rings. The third-order valence-corrected chi connectivity index (χ3v) is 7.16. The van der Waals surface area contributed by atoms with Crippen LogP contribution in [0.15, 0.2) is 0 Å². The van der Waals surface area contributed by atoms with Gasteiger partial charge >= 0.3 is 11.9 Å². The van der Waals surface area contributed by atoms with E-state index < -0.39 is 47.9 Å². The lowest BCUT2D eigenvalue weighted by molar-refractivity contribution is -0.178. The lowest BCUT2D eigenvalue weighted by Gasteiger charge is -2.36. The summed E-state index contributed by atoms with van der Waals surface area (Å²) in [4.78, 5) is 25.2. The molecule has 0 amide bonds. The van der Waals surface area contributed by atoms with Gasteiger partial charge in [0.1, 0.15) is 17.6 Å². The van der Waals surface area contributed by atoms with E-state index in [1.807, 2.05) is 20.8 Å². The fourth-order valence-electron chi connectivity index (χ4n) is 5.54. The van der Waals surface area contributed by atoms with Gasteiger partial charge in [0.2, 0.25) is 0 Å². The monoisotopic (exact) mass is 407 g/mol. The van der Waals surface area contributed by atoms with E-state index in [1.165, 1.54) is 0 Å². The molecule has 2 saturated carbocycles. The molecule has 7 heteroatoms. The SMILES string of the molecule is CC(C)C(C)(CC(C)(C)C)C(=O)OCC(=O)OC1C2CC3C1OC(O)C3(C#N)C2. The quantitative estimate of drug-likeness (QED) is 0.675. The molecule has 3 rings (SSSR count). The van der Waals surface area contributed by atoms with Gasteiger partial charge in [0.05, 0.1) is 11.5 Å². The summed E-state index contributed by atoms with van der Waals surface area (Å²) in [6.07, 6.45) is -0.314. The van der Waals surface area contributed by atoms with Crippen molar-refractivity contribution in [2.75, 3.05) is 6.61 Å². The highest BCUT2D eigenvalue weighted by Gasteiger charge is 2.71. The maximum Gasteiger partial charge on any atom is 0.344 e. The summed E-state index contributed by atoms with van der Waals surface area (Å²) >= 11 is 0. The third kappa shape index (κ3) is 3.66. The van der Waals surface area contributed by atoms with Gasteiger partial charge in [0, 0.05) is 11.8 Å². The molecule has 3 aliphatic rings. The van der Waals surface area contributed by atoms with Gasteiger partial charge in [0.15, 0.2) is 12.9 Å². The predicted molar refractivity (Wildman–Crippen MR) is 103 cm³/mol. The van der Waals surface area contributed by atoms with Crippen LogP contribution in [-0.2, 0) is 23.8 Å². The van der Waals surface area contributed by atoms with Crippen LogP contribution in [0.3, 0.4) is 0 Å². The molecule has 1 saturated heterocycles. The van der Waals surface area contributed by atoms with Crippen LogP contribution in [0.25, 0.3) is 0 Å². The molecule has 1 N–H and O–H groups in total. The zero-order chi connectivity index (χ0) is 21.8. The molecule has 0 aromatic carbocycles. The average Bonchev–Trinajstić information content (AvgIpc) is 3.20. The molecule has 0 spiro atoms. The van der Waals surface area contributed by atoms with Crippen LogP contribution in [0.2, 0.25) is 0 Å². The van der Waals surface area contributed by atoms with Gasteiger partial charge in [-0.05, 0) is 37.5 Å². The van der Waals surface area contributed by atoms with E-state index in [0.717, 1.165) is 0 Å². The molecular formula is C22H33NO6. The Kier molecular flexibility index (Phi) is 5.51. The van der Waals surface area contributed by atoms with Crippen molar-refractivity contribution in [2.45, 2.75) is 79.3 Å². The number of fused-ring (bicyclic) bond motifs is 1. The number of hydrogen-bond donors (Lipinski definition) is 1. The van der Waals surface area contributed by atoms with Crippen LogP contribution in [-0.4, -0.2) is 42.1 Å². The highest BCUT2D eigenvalue weighted by molar-refractivity contribution is 5.80. The Balaban J connectivity index is 1.57. The summed E-state index contributed by atoms with van der Waals surface area (Å²) in [6, 6.07) is 2.22. The first-order chi connectivity index (χ1) is 13.3. The zero-order valence-electron chi connectivity index (χ0n) is 18.2. The highest BCUT2D eigenvalue weighted by atomic mass is 16.6. The Bertz CT molecular complexity index is 722. The van der Waals surface area contributed by atoms with Crippen molar-refractivity contribution in [3.05, 3.63) is 0 Å². The number of carbonyl (C=O) groups excluding carboxylic acids is 2. The number of aliphatic hydroxyl groups is 1. The van der Waals surface area contributed by atoms with Crippen LogP contribution in [0.1, 0.15) is 60.8 Å². The highest BCUT2D eigenvalue weighted by Crippen LogP contribution is 2.63. The number of rotatable bonds is 6. The van der Waals surface area contributed by atoms with Crippen molar-refractivity contribution < 1.29 is 28.9 Å². The van der Waals surface area contributed by atoms with Gasteiger partial charge in [-0.25, -0.2) is 4.79 Å². The Labute approximate surface area is 172 Å². The minimum Gasteiger partial charge on any atom is -0.457 e. The van der Waals surface area contributed by atoms with Gasteiger partial charge in [-0.15, -0.1) is 0 Å². The second kappa shape index (κ2) is 7.24. The van der Waals surface area contributed by atoms with E-state index in [1.54, 1.807) is 0 Å². The van der Waals surface area contributed by atoms with Crippen LogP contribution in [0.5, 0.6) is 0 Å². The largest absolute Gasteiger partial charge is 0.457 e. The van der Waals surface area contributed by atoms with Crippen LogP contribution < -0.4 is 0 Å². The number of ether oxygens (including phenoxy) is 3. The summed E-state index contributed by atoms with van der Waals surface area (Å²) in [7, 11) is 0. The number of aliphatic hydroxyl groups excluding tert-OH is 1. The first-order valence-corrected chi connectivity index (χ1v) is 10.5. The van der Waals surface area contributed by atoms with E-state index in [2.05, 4.69) is 26.8 Å². The molecule has 2 bridgehead atoms. The summed E-state index contributed by atoms with van der Waals surface area (Å²) < 4.78 is 16.5. The molecule has 1 aliphatic heterocycles. The smallest absolute Gasteiger partial charge is 0.344 e. The van der Waals surface area contributed by atoms with Gasteiger partial charge in [-0.2, -0.15) is 5.26 Å². The first-order valence-electron chi connectivity index (χ1n) is 10.5. The fourth-order valence-corrected chi connectivity index (χ4v) is 5.54. The van der Waals surface area contributed by atoms with Crippen molar-refractivity contribution >= 4 is 11.9 Å². The third-order valence-electron chi connectivity index (χ3n) is 7.16. The Hall–Kier alpha value is -1.65. The molecule has 7 unspecified atom stereocenters. The van der Waals surface area contributed by atoms with Crippen molar-refractivity contribution in [2.24, 2.45) is 34.0 Å². The molecule has 0 radical (unpaired) electrons. The second-order valence-electron chi connectivity index (χ2n) is 10.8. The predicted octanol–water partition coefficient (Wildman–Crippen LogP) is 2.81. The number of carbonyl (C=O) groups is 2. The average molecular weight is 408 g/mol. The first kappa shape index (κ1) is 22.0. The summed E-state index contributed by atoms with van der Waals surface area (Å²) in [5.74, 6) is -1.09.